The molecular weight excluding hydrogens is 368 g/mol. The molecule has 7 nitrogen and oxygen atoms in total. The molecule has 1 saturated heterocycles. The first-order valence-electron chi connectivity index (χ1n) is 10.0. The van der Waals surface area contributed by atoms with Crippen LogP contribution in [0.4, 0.5) is 16.2 Å². The lowest BCUT2D eigenvalue weighted by atomic mass is 10.0. The van der Waals surface area contributed by atoms with Gasteiger partial charge in [0, 0.05) is 43.8 Å². The summed E-state index contributed by atoms with van der Waals surface area (Å²) in [5.74, 6) is 0.0756. The maximum Gasteiger partial charge on any atom is 0.409 e. The molecule has 0 unspecified atom stereocenters. The number of carbonyl (C=O) groups excluding carboxylic acids is 2. The smallest absolute Gasteiger partial charge is 0.409 e. The summed E-state index contributed by atoms with van der Waals surface area (Å²) in [5.41, 5.74) is 3.19. The Morgan fingerprint density at radius 3 is 2.55 bits per heavy atom. The number of aromatic nitrogens is 1. The van der Waals surface area contributed by atoms with E-state index in [1.807, 2.05) is 30.3 Å². The van der Waals surface area contributed by atoms with Gasteiger partial charge in [-0.3, -0.25) is 9.78 Å². The average Bonchev–Trinajstić information content (AvgIpc) is 2.74. The number of rotatable bonds is 5. The van der Waals surface area contributed by atoms with Crippen LogP contribution >= 0.6 is 0 Å². The lowest BCUT2D eigenvalue weighted by Crippen LogP contribution is -2.49. The van der Waals surface area contributed by atoms with Gasteiger partial charge < -0.3 is 19.9 Å². The topological polar surface area (TPSA) is 74.8 Å². The van der Waals surface area contributed by atoms with Gasteiger partial charge in [-0.2, -0.15) is 0 Å². The summed E-state index contributed by atoms with van der Waals surface area (Å²) in [5, 5.41) is 2.98. The fraction of sp³-hybridized carbons (Fsp3) is 0.409. The monoisotopic (exact) mass is 396 g/mol. The molecule has 154 valence electrons. The van der Waals surface area contributed by atoms with Crippen molar-refractivity contribution in [1.82, 2.24) is 9.88 Å². The van der Waals surface area contributed by atoms with Gasteiger partial charge in [0.15, 0.2) is 0 Å². The summed E-state index contributed by atoms with van der Waals surface area (Å²) in [4.78, 5) is 32.7. The van der Waals surface area contributed by atoms with Gasteiger partial charge in [-0.05, 0) is 36.6 Å². The van der Waals surface area contributed by atoms with Crippen molar-refractivity contribution in [2.45, 2.75) is 26.7 Å². The van der Waals surface area contributed by atoms with Crippen molar-refractivity contribution in [3.05, 3.63) is 53.9 Å². The lowest BCUT2D eigenvalue weighted by Gasteiger charge is -2.35. The summed E-state index contributed by atoms with van der Waals surface area (Å²) in [6.07, 6.45) is 1.38. The fourth-order valence-electron chi connectivity index (χ4n) is 3.40. The number of hydrogen-bond donors (Lipinski definition) is 1. The highest BCUT2D eigenvalue weighted by Gasteiger charge is 2.23. The Morgan fingerprint density at radius 2 is 1.86 bits per heavy atom. The Hall–Kier alpha value is -3.09. The van der Waals surface area contributed by atoms with Crippen molar-refractivity contribution >= 4 is 23.4 Å². The molecule has 1 aromatic carbocycles. The van der Waals surface area contributed by atoms with Gasteiger partial charge in [0.25, 0.3) is 5.91 Å². The molecule has 1 aromatic heterocycles. The largest absolute Gasteiger partial charge is 0.450 e. The first kappa shape index (κ1) is 20.6. The van der Waals surface area contributed by atoms with Crippen LogP contribution in [0.15, 0.2) is 42.6 Å². The highest BCUT2D eigenvalue weighted by atomic mass is 16.6. The van der Waals surface area contributed by atoms with E-state index in [-0.39, 0.29) is 12.0 Å². The van der Waals surface area contributed by atoms with E-state index in [4.69, 9.17) is 4.74 Å². The molecule has 1 N–H and O–H groups in total. The molecule has 2 aromatic rings. The second kappa shape index (κ2) is 9.41. The van der Waals surface area contributed by atoms with Crippen molar-refractivity contribution in [3.8, 4) is 0 Å². The zero-order chi connectivity index (χ0) is 20.8. The third-order valence-electron chi connectivity index (χ3n) is 4.98. The number of carbonyl (C=O) groups is 2. The van der Waals surface area contributed by atoms with Gasteiger partial charge >= 0.3 is 6.09 Å². The fourth-order valence-corrected chi connectivity index (χ4v) is 3.40. The quantitative estimate of drug-likeness (QED) is 0.833. The number of ether oxygens (including phenoxy) is 1. The number of para-hydroxylation sites is 1. The zero-order valence-electron chi connectivity index (χ0n) is 17.2. The van der Waals surface area contributed by atoms with Crippen LogP contribution in [0.5, 0.6) is 0 Å². The number of anilines is 2. The minimum Gasteiger partial charge on any atom is -0.450 e. The molecule has 3 rings (SSSR count). The lowest BCUT2D eigenvalue weighted by molar-refractivity contribution is 0.102. The predicted octanol–water partition coefficient (Wildman–Crippen LogP) is 3.74. The second-order valence-corrected chi connectivity index (χ2v) is 7.27. The number of pyridine rings is 1. The summed E-state index contributed by atoms with van der Waals surface area (Å²) in [7, 11) is 0. The highest BCUT2D eigenvalue weighted by Crippen LogP contribution is 2.24. The average molecular weight is 396 g/mol. The maximum atomic E-state index is 12.8. The minimum atomic E-state index is -0.272. The van der Waals surface area contributed by atoms with Crippen molar-refractivity contribution in [2.75, 3.05) is 43.0 Å². The molecule has 0 atom stereocenters. The Bertz CT molecular complexity index is 861. The van der Waals surface area contributed by atoms with E-state index in [2.05, 4.69) is 29.0 Å². The summed E-state index contributed by atoms with van der Waals surface area (Å²) < 4.78 is 5.06. The van der Waals surface area contributed by atoms with Crippen LogP contribution in [0, 0.1) is 0 Å². The normalized spacial score (nSPS) is 14.1. The van der Waals surface area contributed by atoms with E-state index in [1.165, 1.54) is 0 Å². The van der Waals surface area contributed by atoms with E-state index in [0.29, 0.717) is 44.4 Å². The molecule has 2 heterocycles. The first-order chi connectivity index (χ1) is 14.0. The number of amides is 2. The molecule has 1 aliphatic heterocycles. The third-order valence-corrected chi connectivity index (χ3v) is 4.98. The van der Waals surface area contributed by atoms with Gasteiger partial charge in [-0.25, -0.2) is 4.79 Å². The van der Waals surface area contributed by atoms with Gasteiger partial charge in [0.2, 0.25) is 0 Å². The molecule has 0 saturated carbocycles. The zero-order valence-corrected chi connectivity index (χ0v) is 17.2. The Morgan fingerprint density at radius 1 is 1.14 bits per heavy atom. The van der Waals surface area contributed by atoms with Gasteiger partial charge in [0.1, 0.15) is 5.69 Å². The number of nitrogens with zero attached hydrogens (tertiary/aromatic N) is 3. The summed E-state index contributed by atoms with van der Waals surface area (Å²) in [6.45, 7) is 8.91. The summed E-state index contributed by atoms with van der Waals surface area (Å²) in [6, 6.07) is 11.5. The van der Waals surface area contributed by atoms with Crippen LogP contribution in [0.1, 0.15) is 42.7 Å². The maximum absolute atomic E-state index is 12.8. The number of benzene rings is 1. The summed E-state index contributed by atoms with van der Waals surface area (Å²) >= 11 is 0. The molecule has 29 heavy (non-hydrogen) atoms. The predicted molar refractivity (Wildman–Crippen MR) is 114 cm³/mol. The van der Waals surface area contributed by atoms with Crippen LogP contribution in [-0.2, 0) is 4.74 Å². The van der Waals surface area contributed by atoms with Crippen molar-refractivity contribution in [3.63, 3.8) is 0 Å². The Kier molecular flexibility index (Phi) is 6.69. The molecule has 0 spiro atoms. The van der Waals surface area contributed by atoms with Crippen LogP contribution in [0.3, 0.4) is 0 Å². The molecule has 7 heteroatoms. The van der Waals surface area contributed by atoms with Crippen LogP contribution in [-0.4, -0.2) is 54.7 Å². The highest BCUT2D eigenvalue weighted by molar-refractivity contribution is 6.03. The molecule has 1 fully saturated rings. The second-order valence-electron chi connectivity index (χ2n) is 7.27. The molecule has 0 aliphatic carbocycles. The van der Waals surface area contributed by atoms with Gasteiger partial charge in [-0.15, -0.1) is 0 Å². The molecule has 2 amide bonds. The molecule has 1 aliphatic rings. The van der Waals surface area contributed by atoms with E-state index in [0.717, 1.165) is 16.9 Å². The Labute approximate surface area is 171 Å². The van der Waals surface area contributed by atoms with Crippen molar-refractivity contribution < 1.29 is 14.3 Å². The van der Waals surface area contributed by atoms with Crippen LogP contribution in [0.25, 0.3) is 0 Å². The van der Waals surface area contributed by atoms with Crippen molar-refractivity contribution in [1.29, 1.82) is 0 Å². The van der Waals surface area contributed by atoms with E-state index in [1.54, 1.807) is 24.1 Å². The van der Waals surface area contributed by atoms with E-state index < -0.39 is 0 Å². The minimum absolute atomic E-state index is 0.231. The van der Waals surface area contributed by atoms with Gasteiger partial charge in [-0.1, -0.05) is 32.0 Å². The van der Waals surface area contributed by atoms with E-state index >= 15 is 0 Å². The third kappa shape index (κ3) is 5.04. The number of hydrogen-bond acceptors (Lipinski definition) is 5. The van der Waals surface area contributed by atoms with Crippen molar-refractivity contribution in [2.24, 2.45) is 0 Å². The molecule has 0 radical (unpaired) electrons. The number of piperazine rings is 1. The van der Waals surface area contributed by atoms with E-state index in [9.17, 15) is 9.59 Å². The van der Waals surface area contributed by atoms with Gasteiger partial charge in [0.05, 0.1) is 6.61 Å². The molecular formula is C22H28N4O3. The first-order valence-corrected chi connectivity index (χ1v) is 10.0. The van der Waals surface area contributed by atoms with Crippen LogP contribution < -0.4 is 10.2 Å². The number of nitrogens with one attached hydrogen (secondary N) is 1. The van der Waals surface area contributed by atoms with Crippen LogP contribution in [0.2, 0.25) is 0 Å². The SMILES string of the molecule is CCOC(=O)N1CCN(c2ccnc(C(=O)Nc3ccccc3C(C)C)c2)CC1. The molecule has 0 bridgehead atoms. The Balaban J connectivity index is 1.67. The standard InChI is InChI=1S/C22H28N4O3/c1-4-29-22(28)26-13-11-25(12-14-26)17-9-10-23-20(15-17)21(27)24-19-8-6-5-7-18(19)16(2)3/h5-10,15-16H,4,11-14H2,1-3H3,(H,24,27).